The summed E-state index contributed by atoms with van der Waals surface area (Å²) in [6, 6.07) is 0.410. The Balaban J connectivity index is 3.75. The van der Waals surface area contributed by atoms with Crippen LogP contribution in [0.3, 0.4) is 0 Å². The summed E-state index contributed by atoms with van der Waals surface area (Å²) in [5.41, 5.74) is 0. The zero-order chi connectivity index (χ0) is 9.40. The second-order valence-electron chi connectivity index (χ2n) is 3.03. The SMILES string of the molecule is C=CCC(NCCC)C(C)OC. The first-order chi connectivity index (χ1) is 5.76. The topological polar surface area (TPSA) is 21.3 Å². The predicted octanol–water partition coefficient (Wildman–Crippen LogP) is 1.97. The van der Waals surface area contributed by atoms with Crippen LogP contribution >= 0.6 is 0 Å². The van der Waals surface area contributed by atoms with Gasteiger partial charge in [0.2, 0.25) is 0 Å². The fourth-order valence-electron chi connectivity index (χ4n) is 1.11. The molecule has 0 spiro atoms. The summed E-state index contributed by atoms with van der Waals surface area (Å²) < 4.78 is 5.25. The zero-order valence-corrected chi connectivity index (χ0v) is 8.47. The molecule has 0 aromatic carbocycles. The van der Waals surface area contributed by atoms with Crippen molar-refractivity contribution >= 4 is 0 Å². The van der Waals surface area contributed by atoms with E-state index in [0.29, 0.717) is 6.04 Å². The average molecular weight is 171 g/mol. The van der Waals surface area contributed by atoms with Crippen LogP contribution in [0, 0.1) is 0 Å². The molecule has 0 rings (SSSR count). The molecule has 2 heteroatoms. The Labute approximate surface area is 76.0 Å². The summed E-state index contributed by atoms with van der Waals surface area (Å²) in [5.74, 6) is 0. The van der Waals surface area contributed by atoms with Crippen LogP contribution in [-0.2, 0) is 4.74 Å². The molecule has 2 atom stereocenters. The molecule has 0 aliphatic rings. The van der Waals surface area contributed by atoms with Crippen molar-refractivity contribution < 1.29 is 4.74 Å². The van der Waals surface area contributed by atoms with Gasteiger partial charge in [-0.05, 0) is 26.3 Å². The first-order valence-electron chi connectivity index (χ1n) is 4.63. The Morgan fingerprint density at radius 1 is 1.58 bits per heavy atom. The highest BCUT2D eigenvalue weighted by molar-refractivity contribution is 4.82. The molecule has 2 unspecified atom stereocenters. The van der Waals surface area contributed by atoms with Gasteiger partial charge in [-0.15, -0.1) is 6.58 Å². The molecule has 0 fully saturated rings. The number of hydrogen-bond acceptors (Lipinski definition) is 2. The second-order valence-corrected chi connectivity index (χ2v) is 3.03. The highest BCUT2D eigenvalue weighted by Gasteiger charge is 2.13. The zero-order valence-electron chi connectivity index (χ0n) is 8.47. The fraction of sp³-hybridized carbons (Fsp3) is 0.800. The van der Waals surface area contributed by atoms with Gasteiger partial charge < -0.3 is 10.1 Å². The summed E-state index contributed by atoms with van der Waals surface area (Å²) in [7, 11) is 1.74. The molecule has 0 aromatic rings. The Kier molecular flexibility index (Phi) is 7.11. The Bertz CT molecular complexity index is 114. The molecular weight excluding hydrogens is 150 g/mol. The molecule has 72 valence electrons. The molecule has 12 heavy (non-hydrogen) atoms. The van der Waals surface area contributed by atoms with E-state index in [0.717, 1.165) is 19.4 Å². The molecule has 0 saturated heterocycles. The minimum atomic E-state index is 0.259. The standard InChI is InChI=1S/C10H21NO/c1-5-7-10(9(3)12-4)11-8-6-2/h5,9-11H,1,6-8H2,2-4H3. The maximum Gasteiger partial charge on any atom is 0.0699 e. The molecular formula is C10H21NO. The quantitative estimate of drug-likeness (QED) is 0.591. The van der Waals surface area contributed by atoms with Crippen molar-refractivity contribution in [1.82, 2.24) is 5.32 Å². The minimum Gasteiger partial charge on any atom is -0.380 e. The minimum absolute atomic E-state index is 0.259. The molecule has 0 aliphatic heterocycles. The number of hydrogen-bond donors (Lipinski definition) is 1. The highest BCUT2D eigenvalue weighted by atomic mass is 16.5. The molecule has 0 aromatic heterocycles. The summed E-state index contributed by atoms with van der Waals surface area (Å²) >= 11 is 0. The Morgan fingerprint density at radius 2 is 2.25 bits per heavy atom. The lowest BCUT2D eigenvalue weighted by atomic mass is 10.1. The summed E-state index contributed by atoms with van der Waals surface area (Å²) in [6.07, 6.45) is 4.32. The number of rotatable bonds is 7. The lowest BCUT2D eigenvalue weighted by Crippen LogP contribution is -2.39. The molecule has 0 radical (unpaired) electrons. The van der Waals surface area contributed by atoms with E-state index in [1.165, 1.54) is 0 Å². The second kappa shape index (κ2) is 7.32. The van der Waals surface area contributed by atoms with E-state index in [2.05, 4.69) is 25.7 Å². The van der Waals surface area contributed by atoms with E-state index in [-0.39, 0.29) is 6.10 Å². The van der Waals surface area contributed by atoms with Crippen LogP contribution in [0.2, 0.25) is 0 Å². The van der Waals surface area contributed by atoms with E-state index in [4.69, 9.17) is 4.74 Å². The smallest absolute Gasteiger partial charge is 0.0699 e. The van der Waals surface area contributed by atoms with Gasteiger partial charge in [0.1, 0.15) is 0 Å². The average Bonchev–Trinajstić information content (AvgIpc) is 2.11. The van der Waals surface area contributed by atoms with Crippen LogP contribution in [0.5, 0.6) is 0 Å². The fourth-order valence-corrected chi connectivity index (χ4v) is 1.11. The van der Waals surface area contributed by atoms with Gasteiger partial charge in [-0.3, -0.25) is 0 Å². The van der Waals surface area contributed by atoms with Crippen molar-refractivity contribution in [2.75, 3.05) is 13.7 Å². The highest BCUT2D eigenvalue weighted by Crippen LogP contribution is 2.02. The van der Waals surface area contributed by atoms with Crippen LogP contribution in [0.25, 0.3) is 0 Å². The molecule has 0 bridgehead atoms. The van der Waals surface area contributed by atoms with Crippen molar-refractivity contribution in [2.24, 2.45) is 0 Å². The third kappa shape index (κ3) is 4.52. The Hall–Kier alpha value is -0.340. The van der Waals surface area contributed by atoms with E-state index in [9.17, 15) is 0 Å². The maximum atomic E-state index is 5.25. The van der Waals surface area contributed by atoms with Gasteiger partial charge in [-0.2, -0.15) is 0 Å². The number of nitrogens with one attached hydrogen (secondary N) is 1. The summed E-state index contributed by atoms with van der Waals surface area (Å²) in [6.45, 7) is 9.02. The van der Waals surface area contributed by atoms with Crippen LogP contribution in [0.15, 0.2) is 12.7 Å². The van der Waals surface area contributed by atoms with E-state index < -0.39 is 0 Å². The lowest BCUT2D eigenvalue weighted by molar-refractivity contribution is 0.0840. The van der Waals surface area contributed by atoms with Gasteiger partial charge in [-0.25, -0.2) is 0 Å². The molecule has 0 aliphatic carbocycles. The van der Waals surface area contributed by atoms with Crippen LogP contribution in [0.4, 0.5) is 0 Å². The molecule has 1 N–H and O–H groups in total. The van der Waals surface area contributed by atoms with Gasteiger partial charge in [0.25, 0.3) is 0 Å². The lowest BCUT2D eigenvalue weighted by Gasteiger charge is -2.22. The van der Waals surface area contributed by atoms with Crippen LogP contribution in [-0.4, -0.2) is 25.8 Å². The van der Waals surface area contributed by atoms with E-state index >= 15 is 0 Å². The van der Waals surface area contributed by atoms with Crippen molar-refractivity contribution in [1.29, 1.82) is 0 Å². The third-order valence-electron chi connectivity index (χ3n) is 2.02. The maximum absolute atomic E-state index is 5.25. The van der Waals surface area contributed by atoms with Crippen LogP contribution in [0.1, 0.15) is 26.7 Å². The van der Waals surface area contributed by atoms with Gasteiger partial charge in [0, 0.05) is 13.2 Å². The summed E-state index contributed by atoms with van der Waals surface area (Å²) in [4.78, 5) is 0. The monoisotopic (exact) mass is 171 g/mol. The predicted molar refractivity (Wildman–Crippen MR) is 53.4 cm³/mol. The van der Waals surface area contributed by atoms with E-state index in [1.54, 1.807) is 7.11 Å². The molecule has 0 saturated carbocycles. The molecule has 0 heterocycles. The normalized spacial score (nSPS) is 15.6. The Morgan fingerprint density at radius 3 is 2.67 bits per heavy atom. The third-order valence-corrected chi connectivity index (χ3v) is 2.02. The van der Waals surface area contributed by atoms with Gasteiger partial charge in [-0.1, -0.05) is 13.0 Å². The van der Waals surface area contributed by atoms with E-state index in [1.807, 2.05) is 6.08 Å². The largest absolute Gasteiger partial charge is 0.380 e. The molecule has 0 amide bonds. The van der Waals surface area contributed by atoms with Gasteiger partial charge in [0.05, 0.1) is 6.10 Å². The van der Waals surface area contributed by atoms with Crippen molar-refractivity contribution in [3.05, 3.63) is 12.7 Å². The number of methoxy groups -OCH3 is 1. The van der Waals surface area contributed by atoms with Crippen molar-refractivity contribution in [2.45, 2.75) is 38.8 Å². The van der Waals surface area contributed by atoms with Gasteiger partial charge >= 0.3 is 0 Å². The first kappa shape index (κ1) is 11.7. The summed E-state index contributed by atoms with van der Waals surface area (Å²) in [5, 5.41) is 3.42. The van der Waals surface area contributed by atoms with Crippen molar-refractivity contribution in [3.8, 4) is 0 Å². The number of ether oxygens (including phenoxy) is 1. The van der Waals surface area contributed by atoms with Gasteiger partial charge in [0.15, 0.2) is 0 Å². The van der Waals surface area contributed by atoms with Crippen LogP contribution < -0.4 is 5.32 Å². The first-order valence-corrected chi connectivity index (χ1v) is 4.63. The molecule has 2 nitrogen and oxygen atoms in total. The van der Waals surface area contributed by atoms with Crippen molar-refractivity contribution in [3.63, 3.8) is 0 Å².